The molecule has 0 amide bonds. The molecule has 0 radical (unpaired) electrons. The van der Waals surface area contributed by atoms with Crippen molar-refractivity contribution < 1.29 is 5.11 Å². The van der Waals surface area contributed by atoms with Crippen LogP contribution in [-0.4, -0.2) is 14.9 Å². The van der Waals surface area contributed by atoms with Crippen molar-refractivity contribution in [1.82, 2.24) is 9.78 Å². The van der Waals surface area contributed by atoms with Crippen LogP contribution in [0.3, 0.4) is 0 Å². The minimum Gasteiger partial charge on any atom is -0.493 e. The molecule has 0 unspecified atom stereocenters. The summed E-state index contributed by atoms with van der Waals surface area (Å²) in [6.45, 7) is 5.96. The molecule has 1 N–H and O–H groups in total. The van der Waals surface area contributed by atoms with E-state index in [4.69, 9.17) is 0 Å². The molecule has 0 spiro atoms. The van der Waals surface area contributed by atoms with Gasteiger partial charge in [0.2, 0.25) is 5.88 Å². The van der Waals surface area contributed by atoms with Gasteiger partial charge in [0, 0.05) is 6.07 Å². The molecule has 3 nitrogen and oxygen atoms in total. The summed E-state index contributed by atoms with van der Waals surface area (Å²) in [5.41, 5.74) is -0.131. The smallest absolute Gasteiger partial charge is 0.209 e. The Hall–Kier alpha value is -0.990. The van der Waals surface area contributed by atoms with Gasteiger partial charge in [-0.3, -0.25) is 0 Å². The second-order valence-electron chi connectivity index (χ2n) is 3.27. The van der Waals surface area contributed by atoms with E-state index in [1.165, 1.54) is 0 Å². The Morgan fingerprint density at radius 1 is 1.50 bits per heavy atom. The first kappa shape index (κ1) is 7.12. The molecule has 0 aromatic carbocycles. The van der Waals surface area contributed by atoms with Crippen LogP contribution in [0.25, 0.3) is 0 Å². The number of aromatic nitrogens is 2. The van der Waals surface area contributed by atoms with Gasteiger partial charge >= 0.3 is 0 Å². The molecule has 0 atom stereocenters. The molecule has 1 rings (SSSR count). The lowest BCUT2D eigenvalue weighted by atomic mass is 10.1. The fourth-order valence-electron chi connectivity index (χ4n) is 0.813. The van der Waals surface area contributed by atoms with Crippen molar-refractivity contribution in [2.75, 3.05) is 0 Å². The number of rotatable bonds is 0. The third-order valence-corrected chi connectivity index (χ3v) is 1.26. The van der Waals surface area contributed by atoms with Crippen LogP contribution in [0.2, 0.25) is 0 Å². The van der Waals surface area contributed by atoms with Gasteiger partial charge in [0.05, 0.1) is 11.7 Å². The Balaban J connectivity index is 3.05. The summed E-state index contributed by atoms with van der Waals surface area (Å²) in [5, 5.41) is 13.1. The Kier molecular flexibility index (Phi) is 1.43. The van der Waals surface area contributed by atoms with Crippen LogP contribution in [0.1, 0.15) is 20.8 Å². The number of hydrogen-bond acceptors (Lipinski definition) is 2. The molecule has 1 heterocycles. The van der Waals surface area contributed by atoms with Crippen molar-refractivity contribution in [1.29, 1.82) is 0 Å². The second kappa shape index (κ2) is 2.01. The van der Waals surface area contributed by atoms with Gasteiger partial charge in [0.25, 0.3) is 0 Å². The molecule has 1 aromatic rings. The van der Waals surface area contributed by atoms with Gasteiger partial charge in [0.15, 0.2) is 0 Å². The maximum Gasteiger partial charge on any atom is 0.209 e. The van der Waals surface area contributed by atoms with Crippen LogP contribution >= 0.6 is 0 Å². The predicted octanol–water partition coefficient (Wildman–Crippen LogP) is 1.34. The SMILES string of the molecule is CC(C)(C)n1nccc1O. The Morgan fingerprint density at radius 3 is 2.30 bits per heavy atom. The van der Waals surface area contributed by atoms with E-state index >= 15 is 0 Å². The molecule has 0 aliphatic carbocycles. The first-order valence-corrected chi connectivity index (χ1v) is 3.25. The molecular formula is C7H12N2O. The third kappa shape index (κ3) is 1.12. The van der Waals surface area contributed by atoms with Gasteiger partial charge in [-0.1, -0.05) is 0 Å². The highest BCUT2D eigenvalue weighted by atomic mass is 16.3. The Labute approximate surface area is 60.3 Å². The topological polar surface area (TPSA) is 38.0 Å². The predicted molar refractivity (Wildman–Crippen MR) is 38.9 cm³/mol. The lowest BCUT2D eigenvalue weighted by Gasteiger charge is -2.19. The number of hydrogen-bond donors (Lipinski definition) is 1. The van der Waals surface area contributed by atoms with E-state index in [2.05, 4.69) is 5.10 Å². The summed E-state index contributed by atoms with van der Waals surface area (Å²) in [7, 11) is 0. The monoisotopic (exact) mass is 140 g/mol. The third-order valence-electron chi connectivity index (χ3n) is 1.26. The van der Waals surface area contributed by atoms with Gasteiger partial charge in [-0.15, -0.1) is 0 Å². The van der Waals surface area contributed by atoms with Crippen LogP contribution in [0.5, 0.6) is 5.88 Å². The molecule has 0 fully saturated rings. The maximum atomic E-state index is 9.19. The quantitative estimate of drug-likeness (QED) is 0.590. The second-order valence-corrected chi connectivity index (χ2v) is 3.27. The highest BCUT2D eigenvalue weighted by molar-refractivity contribution is 5.07. The Bertz CT molecular complexity index is 222. The van der Waals surface area contributed by atoms with Crippen LogP contribution < -0.4 is 0 Å². The van der Waals surface area contributed by atoms with Gasteiger partial charge in [-0.25, -0.2) is 4.68 Å². The summed E-state index contributed by atoms with van der Waals surface area (Å²) >= 11 is 0. The van der Waals surface area contributed by atoms with Gasteiger partial charge < -0.3 is 5.11 Å². The zero-order valence-corrected chi connectivity index (χ0v) is 6.50. The standard InChI is InChI=1S/C7H12N2O/c1-7(2,3)9-6(10)4-5-8-9/h4-5,10H,1-3H3. The summed E-state index contributed by atoms with van der Waals surface area (Å²) < 4.78 is 1.58. The summed E-state index contributed by atoms with van der Waals surface area (Å²) in [6, 6.07) is 1.57. The highest BCUT2D eigenvalue weighted by Gasteiger charge is 2.15. The highest BCUT2D eigenvalue weighted by Crippen LogP contribution is 2.18. The van der Waals surface area contributed by atoms with E-state index in [-0.39, 0.29) is 11.4 Å². The van der Waals surface area contributed by atoms with Crippen molar-refractivity contribution in [2.45, 2.75) is 26.3 Å². The zero-order valence-electron chi connectivity index (χ0n) is 6.50. The summed E-state index contributed by atoms with van der Waals surface area (Å²) in [6.07, 6.45) is 1.58. The van der Waals surface area contributed by atoms with E-state index in [1.54, 1.807) is 16.9 Å². The average Bonchev–Trinajstić information content (AvgIpc) is 2.11. The van der Waals surface area contributed by atoms with E-state index in [1.807, 2.05) is 20.8 Å². The molecule has 1 aromatic heterocycles. The lowest BCUT2D eigenvalue weighted by molar-refractivity contribution is 0.295. The van der Waals surface area contributed by atoms with Crippen molar-refractivity contribution in [2.24, 2.45) is 0 Å². The normalized spacial score (nSPS) is 11.9. The van der Waals surface area contributed by atoms with E-state index in [0.29, 0.717) is 0 Å². The van der Waals surface area contributed by atoms with Crippen LogP contribution in [0.15, 0.2) is 12.3 Å². The summed E-state index contributed by atoms with van der Waals surface area (Å²) in [5.74, 6) is 0.215. The van der Waals surface area contributed by atoms with Crippen molar-refractivity contribution >= 4 is 0 Å². The molecule has 0 saturated heterocycles. The molecule has 0 aliphatic rings. The molecule has 0 bridgehead atoms. The van der Waals surface area contributed by atoms with Crippen LogP contribution in [0, 0.1) is 0 Å². The first-order valence-electron chi connectivity index (χ1n) is 3.25. The number of nitrogens with zero attached hydrogens (tertiary/aromatic N) is 2. The van der Waals surface area contributed by atoms with E-state index in [0.717, 1.165) is 0 Å². The lowest BCUT2D eigenvalue weighted by Crippen LogP contribution is -2.22. The van der Waals surface area contributed by atoms with Crippen molar-refractivity contribution in [3.05, 3.63) is 12.3 Å². The fourth-order valence-corrected chi connectivity index (χ4v) is 0.813. The number of aromatic hydroxyl groups is 1. The van der Waals surface area contributed by atoms with E-state index < -0.39 is 0 Å². The van der Waals surface area contributed by atoms with Crippen molar-refractivity contribution in [3.63, 3.8) is 0 Å². The van der Waals surface area contributed by atoms with Crippen LogP contribution in [-0.2, 0) is 5.54 Å². The molecule has 56 valence electrons. The first-order chi connectivity index (χ1) is 4.52. The minimum absolute atomic E-state index is 0.131. The minimum atomic E-state index is -0.131. The molecular weight excluding hydrogens is 128 g/mol. The average molecular weight is 140 g/mol. The maximum absolute atomic E-state index is 9.19. The van der Waals surface area contributed by atoms with Crippen molar-refractivity contribution in [3.8, 4) is 5.88 Å². The molecule has 0 aliphatic heterocycles. The Morgan fingerprint density at radius 2 is 2.10 bits per heavy atom. The summed E-state index contributed by atoms with van der Waals surface area (Å²) in [4.78, 5) is 0. The fraction of sp³-hybridized carbons (Fsp3) is 0.571. The van der Waals surface area contributed by atoms with Crippen LogP contribution in [0.4, 0.5) is 0 Å². The van der Waals surface area contributed by atoms with Gasteiger partial charge in [-0.2, -0.15) is 5.10 Å². The zero-order chi connectivity index (χ0) is 7.78. The molecule has 3 heteroatoms. The van der Waals surface area contributed by atoms with E-state index in [9.17, 15) is 5.11 Å². The molecule has 0 saturated carbocycles. The largest absolute Gasteiger partial charge is 0.493 e. The van der Waals surface area contributed by atoms with Gasteiger partial charge in [0.1, 0.15) is 0 Å². The molecule has 10 heavy (non-hydrogen) atoms. The van der Waals surface area contributed by atoms with Gasteiger partial charge in [-0.05, 0) is 20.8 Å².